The molecule has 0 aliphatic rings. The van der Waals surface area contributed by atoms with Crippen molar-refractivity contribution in [2.24, 2.45) is 0 Å². The lowest BCUT2D eigenvalue weighted by atomic mass is 10.2. The van der Waals surface area contributed by atoms with E-state index < -0.39 is 28.2 Å². The zero-order valence-corrected chi connectivity index (χ0v) is 11.0. The van der Waals surface area contributed by atoms with E-state index in [1.807, 2.05) is 0 Å². The summed E-state index contributed by atoms with van der Waals surface area (Å²) >= 11 is 5.50. The van der Waals surface area contributed by atoms with E-state index in [-0.39, 0.29) is 16.3 Å². The molecule has 0 spiro atoms. The van der Waals surface area contributed by atoms with Crippen LogP contribution < -0.4 is 5.32 Å². The van der Waals surface area contributed by atoms with Gasteiger partial charge in [0.05, 0.1) is 9.95 Å². The Morgan fingerprint density at radius 2 is 1.86 bits per heavy atom. The van der Waals surface area contributed by atoms with Crippen LogP contribution >= 0.6 is 11.6 Å². The molecule has 0 aliphatic heterocycles. The van der Waals surface area contributed by atoms with E-state index in [4.69, 9.17) is 11.6 Å². The predicted molar refractivity (Wildman–Crippen MR) is 72.4 cm³/mol. The molecule has 0 fully saturated rings. The maximum absolute atomic E-state index is 13.4. The highest BCUT2D eigenvalue weighted by Crippen LogP contribution is 2.21. The minimum Gasteiger partial charge on any atom is -0.322 e. The average Bonchev–Trinajstić information content (AvgIpc) is 2.42. The van der Waals surface area contributed by atoms with Crippen molar-refractivity contribution in [2.45, 2.75) is 0 Å². The number of nitrogens with zero attached hydrogens (tertiary/aromatic N) is 1. The third-order valence-electron chi connectivity index (χ3n) is 2.58. The largest absolute Gasteiger partial charge is 0.322 e. The number of rotatable bonds is 3. The lowest BCUT2D eigenvalue weighted by Gasteiger charge is -2.06. The molecule has 0 saturated heterocycles. The molecule has 0 aromatic heterocycles. The second kappa shape index (κ2) is 5.84. The van der Waals surface area contributed by atoms with Crippen LogP contribution in [0.15, 0.2) is 36.4 Å². The lowest BCUT2D eigenvalue weighted by Crippen LogP contribution is -2.12. The van der Waals surface area contributed by atoms with Gasteiger partial charge in [-0.1, -0.05) is 11.6 Å². The predicted octanol–water partition coefficient (Wildman–Crippen LogP) is 3.78. The molecule has 2 aromatic rings. The van der Waals surface area contributed by atoms with Gasteiger partial charge in [-0.3, -0.25) is 14.9 Å². The van der Waals surface area contributed by atoms with Crippen molar-refractivity contribution in [3.05, 3.63) is 68.7 Å². The van der Waals surface area contributed by atoms with Crippen LogP contribution in [0.25, 0.3) is 0 Å². The summed E-state index contributed by atoms with van der Waals surface area (Å²) in [6.45, 7) is 0. The van der Waals surface area contributed by atoms with Crippen LogP contribution in [-0.4, -0.2) is 10.8 Å². The van der Waals surface area contributed by atoms with Crippen molar-refractivity contribution in [3.63, 3.8) is 0 Å². The fourth-order valence-electron chi connectivity index (χ4n) is 1.57. The Morgan fingerprint density at radius 1 is 1.14 bits per heavy atom. The van der Waals surface area contributed by atoms with E-state index in [2.05, 4.69) is 5.32 Å². The summed E-state index contributed by atoms with van der Waals surface area (Å²) in [5, 5.41) is 12.7. The Morgan fingerprint density at radius 3 is 2.43 bits per heavy atom. The number of anilines is 1. The Balaban J connectivity index is 2.22. The number of amides is 1. The molecule has 108 valence electrons. The molecule has 2 rings (SSSR count). The molecular weight excluding hydrogens is 306 g/mol. The van der Waals surface area contributed by atoms with Gasteiger partial charge in [0.2, 0.25) is 5.82 Å². The van der Waals surface area contributed by atoms with Crippen molar-refractivity contribution in [3.8, 4) is 0 Å². The SMILES string of the molecule is O=C(Nc1ccc(Cl)c(F)c1)c1ccc([N+](=O)[O-])c(F)c1. The Kier molecular flexibility index (Phi) is 4.13. The number of hydrogen-bond donors (Lipinski definition) is 1. The molecule has 0 heterocycles. The molecule has 1 N–H and O–H groups in total. The number of nitrogens with one attached hydrogen (secondary N) is 1. The zero-order chi connectivity index (χ0) is 15.6. The zero-order valence-electron chi connectivity index (χ0n) is 10.3. The van der Waals surface area contributed by atoms with Crippen molar-refractivity contribution in [1.29, 1.82) is 0 Å². The van der Waals surface area contributed by atoms with Gasteiger partial charge in [-0.15, -0.1) is 0 Å². The minimum absolute atomic E-state index is 0.102. The van der Waals surface area contributed by atoms with Crippen molar-refractivity contribution in [1.82, 2.24) is 0 Å². The molecule has 0 aliphatic carbocycles. The topological polar surface area (TPSA) is 72.2 Å². The average molecular weight is 313 g/mol. The van der Waals surface area contributed by atoms with Crippen LogP contribution in [0.4, 0.5) is 20.2 Å². The third-order valence-corrected chi connectivity index (χ3v) is 2.89. The van der Waals surface area contributed by atoms with E-state index in [1.165, 1.54) is 12.1 Å². The molecule has 2 aromatic carbocycles. The van der Waals surface area contributed by atoms with Crippen LogP contribution in [-0.2, 0) is 0 Å². The molecule has 0 atom stereocenters. The molecule has 0 unspecified atom stereocenters. The fraction of sp³-hybridized carbons (Fsp3) is 0. The quantitative estimate of drug-likeness (QED) is 0.692. The van der Waals surface area contributed by atoms with Gasteiger partial charge in [0.15, 0.2) is 0 Å². The first-order chi connectivity index (χ1) is 9.88. The highest BCUT2D eigenvalue weighted by molar-refractivity contribution is 6.30. The lowest BCUT2D eigenvalue weighted by molar-refractivity contribution is -0.387. The van der Waals surface area contributed by atoms with Crippen molar-refractivity contribution < 1.29 is 18.5 Å². The number of hydrogen-bond acceptors (Lipinski definition) is 3. The molecule has 0 bridgehead atoms. The van der Waals surface area contributed by atoms with Gasteiger partial charge in [0, 0.05) is 17.3 Å². The standard InChI is InChI=1S/C13H7ClF2N2O3/c14-9-3-2-8(6-10(9)15)17-13(19)7-1-4-12(18(20)21)11(16)5-7/h1-6H,(H,17,19). The molecule has 8 heteroatoms. The summed E-state index contributed by atoms with van der Waals surface area (Å²) in [6, 6.07) is 6.34. The molecule has 1 amide bonds. The molecule has 0 saturated carbocycles. The first-order valence-electron chi connectivity index (χ1n) is 5.59. The van der Waals surface area contributed by atoms with Crippen LogP contribution in [0.2, 0.25) is 5.02 Å². The highest BCUT2D eigenvalue weighted by Gasteiger charge is 2.17. The van der Waals surface area contributed by atoms with Gasteiger partial charge in [-0.05, 0) is 30.3 Å². The van der Waals surface area contributed by atoms with Gasteiger partial charge < -0.3 is 5.32 Å². The Labute approximate surface area is 122 Å². The fourth-order valence-corrected chi connectivity index (χ4v) is 1.69. The number of nitro groups is 1. The van der Waals surface area contributed by atoms with Gasteiger partial charge in [-0.25, -0.2) is 4.39 Å². The van der Waals surface area contributed by atoms with E-state index in [0.29, 0.717) is 0 Å². The maximum atomic E-state index is 13.4. The van der Waals surface area contributed by atoms with Crippen molar-refractivity contribution >= 4 is 28.9 Å². The van der Waals surface area contributed by atoms with Crippen LogP contribution in [0.3, 0.4) is 0 Å². The van der Waals surface area contributed by atoms with Gasteiger partial charge in [0.25, 0.3) is 5.91 Å². The summed E-state index contributed by atoms with van der Waals surface area (Å²) in [4.78, 5) is 21.4. The number of nitro benzene ring substituents is 1. The summed E-state index contributed by atoms with van der Waals surface area (Å²) in [7, 11) is 0. The van der Waals surface area contributed by atoms with Crippen molar-refractivity contribution in [2.75, 3.05) is 5.32 Å². The summed E-state index contributed by atoms with van der Waals surface area (Å²) < 4.78 is 26.6. The molecular formula is C13H7ClF2N2O3. The van der Waals surface area contributed by atoms with E-state index in [9.17, 15) is 23.7 Å². The van der Waals surface area contributed by atoms with E-state index in [1.54, 1.807) is 0 Å². The molecule has 5 nitrogen and oxygen atoms in total. The number of carbonyl (C=O) groups excluding carboxylic acids is 1. The highest BCUT2D eigenvalue weighted by atomic mass is 35.5. The number of halogens is 3. The van der Waals surface area contributed by atoms with Gasteiger partial charge in [-0.2, -0.15) is 4.39 Å². The van der Waals surface area contributed by atoms with Gasteiger partial charge >= 0.3 is 5.69 Å². The third kappa shape index (κ3) is 3.32. The van der Waals surface area contributed by atoms with Gasteiger partial charge in [0.1, 0.15) is 5.82 Å². The number of carbonyl (C=O) groups is 1. The van der Waals surface area contributed by atoms with Crippen LogP contribution in [0, 0.1) is 21.7 Å². The summed E-state index contributed by atoms with van der Waals surface area (Å²) in [5.41, 5.74) is -0.738. The maximum Gasteiger partial charge on any atom is 0.304 e. The monoisotopic (exact) mass is 312 g/mol. The summed E-state index contributed by atoms with van der Waals surface area (Å²) in [6.07, 6.45) is 0. The Hall–Kier alpha value is -2.54. The van der Waals surface area contributed by atoms with E-state index >= 15 is 0 Å². The first-order valence-corrected chi connectivity index (χ1v) is 5.96. The Bertz CT molecular complexity index is 737. The second-order valence-corrected chi connectivity index (χ2v) is 4.41. The van der Waals surface area contributed by atoms with E-state index in [0.717, 1.165) is 24.3 Å². The molecule has 21 heavy (non-hydrogen) atoms. The van der Waals surface area contributed by atoms with Crippen LogP contribution in [0.1, 0.15) is 10.4 Å². The number of benzene rings is 2. The summed E-state index contributed by atoms with van der Waals surface area (Å²) in [5.74, 6) is -2.58. The smallest absolute Gasteiger partial charge is 0.304 e. The normalized spacial score (nSPS) is 10.2. The minimum atomic E-state index is -1.13. The first kappa shape index (κ1) is 14.9. The second-order valence-electron chi connectivity index (χ2n) is 4.01. The molecule has 0 radical (unpaired) electrons. The van der Waals surface area contributed by atoms with Crippen LogP contribution in [0.5, 0.6) is 0 Å².